The predicted octanol–water partition coefficient (Wildman–Crippen LogP) is 2.84. The zero-order chi connectivity index (χ0) is 19.4. The van der Waals surface area contributed by atoms with E-state index in [2.05, 4.69) is 5.10 Å². The van der Waals surface area contributed by atoms with Crippen LogP contribution in [0.25, 0.3) is 0 Å². The number of hydrazone groups is 1. The van der Waals surface area contributed by atoms with Crippen LogP contribution in [-0.4, -0.2) is 41.9 Å². The van der Waals surface area contributed by atoms with E-state index in [0.29, 0.717) is 29.4 Å². The maximum Gasteiger partial charge on any atom is 0.303 e. The van der Waals surface area contributed by atoms with E-state index in [0.717, 1.165) is 5.56 Å². The Morgan fingerprint density at radius 1 is 1.26 bits per heavy atom. The molecule has 1 aliphatic heterocycles. The minimum Gasteiger partial charge on any atom is -0.497 e. The van der Waals surface area contributed by atoms with Gasteiger partial charge in [-0.25, -0.2) is 5.01 Å². The van der Waals surface area contributed by atoms with Crippen molar-refractivity contribution in [3.63, 3.8) is 0 Å². The molecular weight excluding hydrogens is 352 g/mol. The number of furan rings is 1. The van der Waals surface area contributed by atoms with Crippen molar-refractivity contribution in [3.8, 4) is 11.5 Å². The summed E-state index contributed by atoms with van der Waals surface area (Å²) in [5.74, 6) is 0.356. The number of benzene rings is 1. The van der Waals surface area contributed by atoms with Gasteiger partial charge < -0.3 is 19.0 Å². The summed E-state index contributed by atoms with van der Waals surface area (Å²) in [5, 5.41) is 14.6. The molecular formula is C19H20N2O6. The van der Waals surface area contributed by atoms with Crippen LogP contribution in [0.3, 0.4) is 0 Å². The molecule has 0 saturated carbocycles. The van der Waals surface area contributed by atoms with E-state index in [1.165, 1.54) is 18.4 Å². The quantitative estimate of drug-likeness (QED) is 0.802. The van der Waals surface area contributed by atoms with Gasteiger partial charge in [0, 0.05) is 24.5 Å². The Labute approximate surface area is 156 Å². The first-order valence-electron chi connectivity index (χ1n) is 8.40. The number of carboxylic acids is 1. The van der Waals surface area contributed by atoms with Crippen molar-refractivity contribution in [1.82, 2.24) is 5.01 Å². The molecule has 1 N–H and O–H groups in total. The first-order chi connectivity index (χ1) is 13.0. The molecule has 3 rings (SSSR count). The van der Waals surface area contributed by atoms with E-state index >= 15 is 0 Å². The fraction of sp³-hybridized carbons (Fsp3) is 0.316. The summed E-state index contributed by atoms with van der Waals surface area (Å²) in [4.78, 5) is 23.5. The lowest BCUT2D eigenvalue weighted by Gasteiger charge is -2.23. The van der Waals surface area contributed by atoms with Crippen LogP contribution in [0.2, 0.25) is 0 Å². The zero-order valence-corrected chi connectivity index (χ0v) is 15.0. The Balaban J connectivity index is 1.94. The number of methoxy groups -OCH3 is 2. The topological polar surface area (TPSA) is 102 Å². The molecule has 1 atom stereocenters. The first kappa shape index (κ1) is 18.5. The van der Waals surface area contributed by atoms with Crippen molar-refractivity contribution in [3.05, 3.63) is 47.9 Å². The number of hydrogen-bond acceptors (Lipinski definition) is 6. The van der Waals surface area contributed by atoms with Gasteiger partial charge in [0.05, 0.1) is 32.9 Å². The van der Waals surface area contributed by atoms with Gasteiger partial charge in [-0.1, -0.05) is 0 Å². The van der Waals surface area contributed by atoms with Crippen molar-refractivity contribution in [1.29, 1.82) is 0 Å². The standard InChI is InChI=1S/C19H20N2O6/c1-25-12-5-6-13(17(10-12)26-2)15-11-14(16-4-3-9-27-16)20-21(15)18(22)7-8-19(23)24/h3-6,9-10,15H,7-8,11H2,1-2H3,(H,23,24). The number of carbonyl (C=O) groups is 2. The maximum atomic E-state index is 12.6. The van der Waals surface area contributed by atoms with Gasteiger partial charge in [0.1, 0.15) is 23.0 Å². The molecule has 1 aromatic heterocycles. The summed E-state index contributed by atoms with van der Waals surface area (Å²) in [7, 11) is 3.10. The van der Waals surface area contributed by atoms with E-state index in [1.54, 1.807) is 31.4 Å². The minimum absolute atomic E-state index is 0.140. The average molecular weight is 372 g/mol. The third kappa shape index (κ3) is 3.94. The van der Waals surface area contributed by atoms with Crippen LogP contribution >= 0.6 is 0 Å². The summed E-state index contributed by atoms with van der Waals surface area (Å²) >= 11 is 0. The van der Waals surface area contributed by atoms with E-state index in [-0.39, 0.29) is 18.7 Å². The van der Waals surface area contributed by atoms with Crippen LogP contribution < -0.4 is 9.47 Å². The molecule has 0 radical (unpaired) electrons. The fourth-order valence-corrected chi connectivity index (χ4v) is 3.00. The average Bonchev–Trinajstić information content (AvgIpc) is 3.35. The van der Waals surface area contributed by atoms with Gasteiger partial charge in [0.25, 0.3) is 0 Å². The Kier molecular flexibility index (Phi) is 5.44. The second-order valence-electron chi connectivity index (χ2n) is 5.98. The zero-order valence-electron chi connectivity index (χ0n) is 15.0. The molecule has 1 unspecified atom stereocenters. The lowest BCUT2D eigenvalue weighted by molar-refractivity contribution is -0.141. The predicted molar refractivity (Wildman–Crippen MR) is 95.9 cm³/mol. The molecule has 8 nitrogen and oxygen atoms in total. The maximum absolute atomic E-state index is 12.6. The number of carbonyl (C=O) groups excluding carboxylic acids is 1. The van der Waals surface area contributed by atoms with Crippen molar-refractivity contribution >= 4 is 17.6 Å². The van der Waals surface area contributed by atoms with Gasteiger partial charge >= 0.3 is 5.97 Å². The lowest BCUT2D eigenvalue weighted by Crippen LogP contribution is -2.27. The number of carboxylic acid groups (broad SMARTS) is 1. The molecule has 0 fully saturated rings. The van der Waals surface area contributed by atoms with E-state index in [1.807, 2.05) is 6.07 Å². The van der Waals surface area contributed by atoms with Crippen LogP contribution in [0.4, 0.5) is 0 Å². The normalized spacial score (nSPS) is 16.1. The highest BCUT2D eigenvalue weighted by Crippen LogP contribution is 2.39. The van der Waals surface area contributed by atoms with Crippen LogP contribution in [0.15, 0.2) is 46.1 Å². The number of rotatable bonds is 7. The van der Waals surface area contributed by atoms with Crippen LogP contribution in [0.5, 0.6) is 11.5 Å². The highest BCUT2D eigenvalue weighted by atomic mass is 16.5. The molecule has 8 heteroatoms. The van der Waals surface area contributed by atoms with Crippen molar-refractivity contribution in [2.45, 2.75) is 25.3 Å². The highest BCUT2D eigenvalue weighted by Gasteiger charge is 2.35. The van der Waals surface area contributed by atoms with Crippen molar-refractivity contribution in [2.24, 2.45) is 5.10 Å². The number of amides is 1. The molecule has 1 aromatic carbocycles. The number of hydrogen-bond donors (Lipinski definition) is 1. The Hall–Kier alpha value is -3.29. The van der Waals surface area contributed by atoms with Crippen LogP contribution in [0.1, 0.15) is 36.6 Å². The fourth-order valence-electron chi connectivity index (χ4n) is 3.00. The van der Waals surface area contributed by atoms with Gasteiger partial charge in [-0.05, 0) is 24.3 Å². The molecule has 2 aromatic rings. The smallest absolute Gasteiger partial charge is 0.303 e. The number of ether oxygens (including phenoxy) is 2. The van der Waals surface area contributed by atoms with E-state index < -0.39 is 12.0 Å². The van der Waals surface area contributed by atoms with Crippen molar-refractivity contribution < 1.29 is 28.6 Å². The molecule has 0 bridgehead atoms. The summed E-state index contributed by atoms with van der Waals surface area (Å²) in [6, 6.07) is 8.43. The second kappa shape index (κ2) is 7.94. The molecule has 27 heavy (non-hydrogen) atoms. The number of aliphatic carboxylic acids is 1. The van der Waals surface area contributed by atoms with Crippen LogP contribution in [0, 0.1) is 0 Å². The molecule has 0 aliphatic carbocycles. The van der Waals surface area contributed by atoms with Gasteiger partial charge in [-0.2, -0.15) is 5.10 Å². The van der Waals surface area contributed by atoms with Gasteiger partial charge in [-0.3, -0.25) is 9.59 Å². The number of nitrogens with zero attached hydrogens (tertiary/aromatic N) is 2. The Morgan fingerprint density at radius 2 is 2.07 bits per heavy atom. The Bertz CT molecular complexity index is 859. The molecule has 1 amide bonds. The van der Waals surface area contributed by atoms with Crippen molar-refractivity contribution in [2.75, 3.05) is 14.2 Å². The van der Waals surface area contributed by atoms with Gasteiger partial charge in [-0.15, -0.1) is 0 Å². The van der Waals surface area contributed by atoms with Gasteiger partial charge in [0.2, 0.25) is 5.91 Å². The lowest BCUT2D eigenvalue weighted by atomic mass is 9.99. The SMILES string of the molecule is COc1ccc(C2CC(c3ccco3)=NN2C(=O)CCC(=O)O)c(OC)c1. The molecule has 0 saturated heterocycles. The summed E-state index contributed by atoms with van der Waals surface area (Å²) in [6.07, 6.45) is 1.57. The third-order valence-corrected chi connectivity index (χ3v) is 4.32. The molecule has 2 heterocycles. The second-order valence-corrected chi connectivity index (χ2v) is 5.98. The van der Waals surface area contributed by atoms with E-state index in [9.17, 15) is 9.59 Å². The summed E-state index contributed by atoms with van der Waals surface area (Å²) in [6.45, 7) is 0. The molecule has 0 spiro atoms. The minimum atomic E-state index is -1.03. The molecule has 142 valence electrons. The third-order valence-electron chi connectivity index (χ3n) is 4.32. The molecule has 1 aliphatic rings. The van der Waals surface area contributed by atoms with Crippen LogP contribution in [-0.2, 0) is 9.59 Å². The highest BCUT2D eigenvalue weighted by molar-refractivity contribution is 6.01. The first-order valence-corrected chi connectivity index (χ1v) is 8.40. The monoisotopic (exact) mass is 372 g/mol. The summed E-state index contributed by atoms with van der Waals surface area (Å²) in [5.41, 5.74) is 1.37. The summed E-state index contributed by atoms with van der Waals surface area (Å²) < 4.78 is 16.1. The van der Waals surface area contributed by atoms with E-state index in [4.69, 9.17) is 19.0 Å². The van der Waals surface area contributed by atoms with Gasteiger partial charge in [0.15, 0.2) is 0 Å². The Morgan fingerprint density at radius 3 is 2.70 bits per heavy atom. The largest absolute Gasteiger partial charge is 0.497 e.